The molecule has 2 heterocycles. The van der Waals surface area contributed by atoms with Gasteiger partial charge in [-0.25, -0.2) is 15.0 Å². The van der Waals surface area contributed by atoms with Crippen LogP contribution in [-0.2, 0) is 5.41 Å². The number of imidazole rings is 1. The number of hydrogen-bond donors (Lipinski definition) is 2. The van der Waals surface area contributed by atoms with Crippen molar-refractivity contribution in [2.45, 2.75) is 31.1 Å². The average Bonchev–Trinajstić information content (AvgIpc) is 2.96. The summed E-state index contributed by atoms with van der Waals surface area (Å²) in [4.78, 5) is 16.0. The molecule has 2 aromatic heterocycles. The van der Waals surface area contributed by atoms with Crippen molar-refractivity contribution in [1.82, 2.24) is 19.9 Å². The van der Waals surface area contributed by atoms with Gasteiger partial charge in [0, 0.05) is 12.0 Å². The Hall–Kier alpha value is -1.49. The number of H-pyrrole nitrogens is 1. The van der Waals surface area contributed by atoms with Gasteiger partial charge in [0.05, 0.1) is 6.20 Å². The van der Waals surface area contributed by atoms with Gasteiger partial charge >= 0.3 is 0 Å². The number of nitrogens with one attached hydrogen (secondary N) is 1. The van der Waals surface area contributed by atoms with Crippen molar-refractivity contribution in [3.05, 3.63) is 18.3 Å². The van der Waals surface area contributed by atoms with E-state index < -0.39 is 0 Å². The number of nitrogens with zero attached hydrogens (tertiary/aromatic N) is 3. The second-order valence-electron chi connectivity index (χ2n) is 4.54. The predicted octanol–water partition coefficient (Wildman–Crippen LogP) is 1.12. The molecule has 2 aromatic rings. The van der Waals surface area contributed by atoms with Crippen LogP contribution in [-0.4, -0.2) is 26.5 Å². The molecule has 3 rings (SSSR count). The SMILES string of the molecule is NCC1(c2nc3ncncc3[nH]2)CCCC1. The van der Waals surface area contributed by atoms with Crippen LogP contribution in [0.25, 0.3) is 11.2 Å². The largest absolute Gasteiger partial charge is 0.339 e. The Labute approximate surface area is 93.5 Å². The Balaban J connectivity index is 2.10. The standard InChI is InChI=1S/C11H15N5/c12-6-11(3-1-2-4-11)10-15-8-5-13-7-14-9(8)16-10/h5,7H,1-4,6,12H2,(H,13,14,15,16). The van der Waals surface area contributed by atoms with Crippen LogP contribution >= 0.6 is 0 Å². The molecular formula is C11H15N5. The summed E-state index contributed by atoms with van der Waals surface area (Å²) in [7, 11) is 0. The minimum atomic E-state index is 0.0424. The number of aromatic nitrogens is 4. The molecule has 0 aliphatic heterocycles. The highest BCUT2D eigenvalue weighted by molar-refractivity contribution is 5.69. The summed E-state index contributed by atoms with van der Waals surface area (Å²) in [5.41, 5.74) is 7.61. The van der Waals surface area contributed by atoms with Crippen molar-refractivity contribution >= 4 is 11.2 Å². The van der Waals surface area contributed by atoms with Gasteiger partial charge in [-0.2, -0.15) is 0 Å². The molecule has 0 saturated heterocycles. The summed E-state index contributed by atoms with van der Waals surface area (Å²) in [6.45, 7) is 0.653. The average molecular weight is 217 g/mol. The van der Waals surface area contributed by atoms with Crippen LogP contribution in [0, 0.1) is 0 Å². The second kappa shape index (κ2) is 3.52. The zero-order valence-electron chi connectivity index (χ0n) is 9.11. The zero-order chi connectivity index (χ0) is 11.0. The van der Waals surface area contributed by atoms with E-state index in [1.807, 2.05) is 0 Å². The van der Waals surface area contributed by atoms with E-state index in [1.54, 1.807) is 6.20 Å². The van der Waals surface area contributed by atoms with E-state index in [4.69, 9.17) is 5.73 Å². The van der Waals surface area contributed by atoms with Crippen LogP contribution in [0.4, 0.5) is 0 Å². The maximum absolute atomic E-state index is 5.93. The summed E-state index contributed by atoms with van der Waals surface area (Å²) in [5.74, 6) is 0.989. The molecule has 0 spiro atoms. The molecule has 1 aliphatic carbocycles. The molecule has 0 atom stereocenters. The highest BCUT2D eigenvalue weighted by Gasteiger charge is 2.37. The molecule has 84 valence electrons. The molecule has 1 saturated carbocycles. The van der Waals surface area contributed by atoms with E-state index in [2.05, 4.69) is 19.9 Å². The molecule has 5 heteroatoms. The maximum Gasteiger partial charge on any atom is 0.180 e. The van der Waals surface area contributed by atoms with E-state index in [-0.39, 0.29) is 5.41 Å². The molecule has 0 unspecified atom stereocenters. The van der Waals surface area contributed by atoms with E-state index >= 15 is 0 Å². The van der Waals surface area contributed by atoms with E-state index in [9.17, 15) is 0 Å². The smallest absolute Gasteiger partial charge is 0.180 e. The van der Waals surface area contributed by atoms with Crippen LogP contribution in [0.1, 0.15) is 31.5 Å². The highest BCUT2D eigenvalue weighted by atomic mass is 15.0. The van der Waals surface area contributed by atoms with Crippen molar-refractivity contribution in [1.29, 1.82) is 0 Å². The highest BCUT2D eigenvalue weighted by Crippen LogP contribution is 2.39. The Bertz CT molecular complexity index is 465. The topological polar surface area (TPSA) is 80.5 Å². The maximum atomic E-state index is 5.93. The Morgan fingerprint density at radius 1 is 1.38 bits per heavy atom. The molecule has 0 radical (unpaired) electrons. The predicted molar refractivity (Wildman–Crippen MR) is 60.9 cm³/mol. The molecule has 0 bridgehead atoms. The summed E-state index contributed by atoms with van der Waals surface area (Å²) in [6.07, 6.45) is 8.00. The lowest BCUT2D eigenvalue weighted by Crippen LogP contribution is -2.33. The van der Waals surface area contributed by atoms with Crippen LogP contribution in [0.2, 0.25) is 0 Å². The fourth-order valence-electron chi connectivity index (χ4n) is 2.60. The normalized spacial score (nSPS) is 19.3. The van der Waals surface area contributed by atoms with E-state index in [0.29, 0.717) is 6.54 Å². The first-order valence-corrected chi connectivity index (χ1v) is 5.70. The molecular weight excluding hydrogens is 202 g/mol. The third kappa shape index (κ3) is 1.31. The Morgan fingerprint density at radius 3 is 2.88 bits per heavy atom. The van der Waals surface area contributed by atoms with Crippen LogP contribution in [0.15, 0.2) is 12.5 Å². The molecule has 16 heavy (non-hydrogen) atoms. The van der Waals surface area contributed by atoms with E-state index in [1.165, 1.54) is 19.2 Å². The van der Waals surface area contributed by atoms with Crippen LogP contribution < -0.4 is 5.73 Å². The molecule has 3 N–H and O–H groups in total. The van der Waals surface area contributed by atoms with Gasteiger partial charge in [-0.05, 0) is 12.8 Å². The van der Waals surface area contributed by atoms with Crippen LogP contribution in [0.3, 0.4) is 0 Å². The van der Waals surface area contributed by atoms with Crippen molar-refractivity contribution in [2.75, 3.05) is 6.54 Å². The number of aromatic amines is 1. The number of hydrogen-bond acceptors (Lipinski definition) is 4. The molecule has 1 fully saturated rings. The molecule has 0 amide bonds. The summed E-state index contributed by atoms with van der Waals surface area (Å²) < 4.78 is 0. The van der Waals surface area contributed by atoms with Gasteiger partial charge in [0.15, 0.2) is 5.65 Å². The Kier molecular flexibility index (Phi) is 2.14. The number of rotatable bonds is 2. The van der Waals surface area contributed by atoms with Crippen molar-refractivity contribution in [3.8, 4) is 0 Å². The van der Waals surface area contributed by atoms with Gasteiger partial charge in [-0.1, -0.05) is 12.8 Å². The van der Waals surface area contributed by atoms with Crippen LogP contribution in [0.5, 0.6) is 0 Å². The molecule has 1 aliphatic rings. The van der Waals surface area contributed by atoms with Gasteiger partial charge in [0.2, 0.25) is 0 Å². The van der Waals surface area contributed by atoms with Gasteiger partial charge in [0.25, 0.3) is 0 Å². The van der Waals surface area contributed by atoms with E-state index in [0.717, 1.165) is 29.8 Å². The third-order valence-electron chi connectivity index (χ3n) is 3.62. The third-order valence-corrected chi connectivity index (χ3v) is 3.62. The molecule has 0 aromatic carbocycles. The first-order chi connectivity index (χ1) is 7.84. The van der Waals surface area contributed by atoms with Crippen molar-refractivity contribution < 1.29 is 0 Å². The number of fused-ring (bicyclic) bond motifs is 1. The van der Waals surface area contributed by atoms with Gasteiger partial charge in [-0.3, -0.25) is 0 Å². The summed E-state index contributed by atoms with van der Waals surface area (Å²) in [5, 5.41) is 0. The first kappa shape index (κ1) is 9.72. The lowest BCUT2D eigenvalue weighted by atomic mass is 9.85. The lowest BCUT2D eigenvalue weighted by Gasteiger charge is -2.24. The fourth-order valence-corrected chi connectivity index (χ4v) is 2.60. The Morgan fingerprint density at radius 2 is 2.19 bits per heavy atom. The summed E-state index contributed by atoms with van der Waals surface area (Å²) in [6, 6.07) is 0. The van der Waals surface area contributed by atoms with Gasteiger partial charge < -0.3 is 10.7 Å². The van der Waals surface area contributed by atoms with Gasteiger partial charge in [-0.15, -0.1) is 0 Å². The monoisotopic (exact) mass is 217 g/mol. The minimum absolute atomic E-state index is 0.0424. The fraction of sp³-hybridized carbons (Fsp3) is 0.545. The lowest BCUT2D eigenvalue weighted by molar-refractivity contribution is 0.429. The number of nitrogens with two attached hydrogens (primary N) is 1. The van der Waals surface area contributed by atoms with Gasteiger partial charge in [0.1, 0.15) is 17.7 Å². The quantitative estimate of drug-likeness (QED) is 0.790. The van der Waals surface area contributed by atoms with Crippen molar-refractivity contribution in [2.24, 2.45) is 5.73 Å². The minimum Gasteiger partial charge on any atom is -0.339 e. The second-order valence-corrected chi connectivity index (χ2v) is 4.54. The first-order valence-electron chi connectivity index (χ1n) is 5.70. The van der Waals surface area contributed by atoms with Crippen molar-refractivity contribution in [3.63, 3.8) is 0 Å². The summed E-state index contributed by atoms with van der Waals surface area (Å²) >= 11 is 0. The molecule has 5 nitrogen and oxygen atoms in total. The zero-order valence-corrected chi connectivity index (χ0v) is 9.11.